The Balaban J connectivity index is 1.80. The highest BCUT2D eigenvalue weighted by Gasteiger charge is 1.96. The number of benzene rings is 2. The smallest absolute Gasteiger partial charge is 0.0458 e. The summed E-state index contributed by atoms with van der Waals surface area (Å²) in [6.45, 7) is 0.499. The van der Waals surface area contributed by atoms with Crippen LogP contribution in [-0.4, -0.2) is 11.0 Å². The third kappa shape index (κ3) is 4.18. The Hall–Kier alpha value is -1.29. The lowest BCUT2D eigenvalue weighted by molar-refractivity contribution is 0.161. The SMILES string of the molecule is ONCc1ccc(CCSc2ccccc2)cc1. The maximum absolute atomic E-state index is 8.60. The van der Waals surface area contributed by atoms with Crippen molar-refractivity contribution in [3.8, 4) is 0 Å². The Kier molecular flexibility index (Phi) is 5.27. The normalized spacial score (nSPS) is 10.5. The first-order chi connectivity index (χ1) is 8.88. The van der Waals surface area contributed by atoms with Gasteiger partial charge in [0.05, 0.1) is 0 Å². The zero-order valence-electron chi connectivity index (χ0n) is 10.2. The van der Waals surface area contributed by atoms with Crippen molar-refractivity contribution in [2.45, 2.75) is 17.9 Å². The fourth-order valence-corrected chi connectivity index (χ4v) is 2.64. The number of hydrogen-bond acceptors (Lipinski definition) is 3. The van der Waals surface area contributed by atoms with Crippen molar-refractivity contribution in [3.05, 3.63) is 65.7 Å². The number of hydrogen-bond donors (Lipinski definition) is 2. The fraction of sp³-hybridized carbons (Fsp3) is 0.200. The maximum atomic E-state index is 8.60. The molecule has 0 aliphatic rings. The molecule has 94 valence electrons. The molecule has 0 aliphatic carbocycles. The van der Waals surface area contributed by atoms with E-state index in [1.165, 1.54) is 10.5 Å². The van der Waals surface area contributed by atoms with Crippen molar-refractivity contribution in [1.82, 2.24) is 5.48 Å². The topological polar surface area (TPSA) is 32.3 Å². The van der Waals surface area contributed by atoms with Crippen molar-refractivity contribution in [3.63, 3.8) is 0 Å². The van der Waals surface area contributed by atoms with E-state index in [-0.39, 0.29) is 0 Å². The third-order valence-corrected chi connectivity index (χ3v) is 3.72. The zero-order chi connectivity index (χ0) is 12.6. The number of thioether (sulfide) groups is 1. The molecule has 2 nitrogen and oxygen atoms in total. The standard InChI is InChI=1S/C15H17NOS/c17-16-12-14-8-6-13(7-9-14)10-11-18-15-4-2-1-3-5-15/h1-9,16-17H,10-12H2. The molecule has 0 saturated carbocycles. The van der Waals surface area contributed by atoms with E-state index in [0.29, 0.717) is 6.54 Å². The van der Waals surface area contributed by atoms with Crippen LogP contribution in [0.5, 0.6) is 0 Å². The molecule has 0 amide bonds. The lowest BCUT2D eigenvalue weighted by atomic mass is 10.1. The average molecular weight is 259 g/mol. The van der Waals surface area contributed by atoms with Crippen LogP contribution in [-0.2, 0) is 13.0 Å². The van der Waals surface area contributed by atoms with Crippen molar-refractivity contribution >= 4 is 11.8 Å². The van der Waals surface area contributed by atoms with Crippen LogP contribution < -0.4 is 5.48 Å². The van der Waals surface area contributed by atoms with Crippen molar-refractivity contribution in [1.29, 1.82) is 0 Å². The van der Waals surface area contributed by atoms with Gasteiger partial charge in [0.2, 0.25) is 0 Å². The van der Waals surface area contributed by atoms with Crippen LogP contribution >= 0.6 is 11.8 Å². The van der Waals surface area contributed by atoms with Gasteiger partial charge >= 0.3 is 0 Å². The molecule has 0 unspecified atom stereocenters. The molecule has 0 heterocycles. The minimum Gasteiger partial charge on any atom is -0.316 e. The lowest BCUT2D eigenvalue weighted by Crippen LogP contribution is -2.05. The molecule has 0 atom stereocenters. The van der Waals surface area contributed by atoms with Crippen LogP contribution in [0.4, 0.5) is 0 Å². The van der Waals surface area contributed by atoms with Crippen LogP contribution in [0.25, 0.3) is 0 Å². The second kappa shape index (κ2) is 7.21. The highest BCUT2D eigenvalue weighted by Crippen LogP contribution is 2.18. The highest BCUT2D eigenvalue weighted by molar-refractivity contribution is 7.99. The minimum absolute atomic E-state index is 0.499. The quantitative estimate of drug-likeness (QED) is 0.615. The molecule has 0 saturated heterocycles. The number of nitrogens with one attached hydrogen (secondary N) is 1. The summed E-state index contributed by atoms with van der Waals surface area (Å²) in [5, 5.41) is 8.60. The summed E-state index contributed by atoms with van der Waals surface area (Å²) >= 11 is 1.88. The van der Waals surface area contributed by atoms with Crippen LogP contribution in [0.2, 0.25) is 0 Å². The molecular formula is C15H17NOS. The number of aryl methyl sites for hydroxylation is 1. The third-order valence-electron chi connectivity index (χ3n) is 2.71. The van der Waals surface area contributed by atoms with Crippen LogP contribution in [0, 0.1) is 0 Å². The molecular weight excluding hydrogens is 242 g/mol. The molecule has 2 aromatic rings. The molecule has 2 aromatic carbocycles. The van der Waals surface area contributed by atoms with E-state index in [9.17, 15) is 0 Å². The highest BCUT2D eigenvalue weighted by atomic mass is 32.2. The van der Waals surface area contributed by atoms with Gasteiger partial charge in [-0.3, -0.25) is 0 Å². The van der Waals surface area contributed by atoms with Gasteiger partial charge in [0, 0.05) is 17.2 Å². The van der Waals surface area contributed by atoms with Gasteiger partial charge < -0.3 is 5.21 Å². The van der Waals surface area contributed by atoms with E-state index in [1.807, 2.05) is 30.0 Å². The van der Waals surface area contributed by atoms with Gasteiger partial charge in [-0.2, -0.15) is 0 Å². The van der Waals surface area contributed by atoms with Gasteiger partial charge in [0.1, 0.15) is 0 Å². The molecule has 2 N–H and O–H groups in total. The molecule has 0 spiro atoms. The maximum Gasteiger partial charge on any atom is 0.0458 e. The van der Waals surface area contributed by atoms with Crippen LogP contribution in [0.15, 0.2) is 59.5 Å². The van der Waals surface area contributed by atoms with Crippen LogP contribution in [0.1, 0.15) is 11.1 Å². The van der Waals surface area contributed by atoms with Gasteiger partial charge in [0.15, 0.2) is 0 Å². The Morgan fingerprint density at radius 3 is 2.22 bits per heavy atom. The molecule has 3 heteroatoms. The van der Waals surface area contributed by atoms with E-state index in [0.717, 1.165) is 17.7 Å². The summed E-state index contributed by atoms with van der Waals surface area (Å²) in [6, 6.07) is 18.8. The first-order valence-corrected chi connectivity index (χ1v) is 6.99. The molecule has 2 rings (SSSR count). The molecule has 0 bridgehead atoms. The minimum atomic E-state index is 0.499. The first kappa shape index (κ1) is 13.1. The van der Waals surface area contributed by atoms with Crippen molar-refractivity contribution < 1.29 is 5.21 Å². The predicted octanol–water partition coefficient (Wildman–Crippen LogP) is 3.50. The van der Waals surface area contributed by atoms with Gasteiger partial charge in [-0.05, 0) is 29.7 Å². The van der Waals surface area contributed by atoms with E-state index in [4.69, 9.17) is 5.21 Å². The first-order valence-electron chi connectivity index (χ1n) is 6.01. The molecule has 0 aromatic heterocycles. The number of hydroxylamine groups is 1. The molecule has 0 fully saturated rings. The second-order valence-corrected chi connectivity index (χ2v) is 5.23. The Labute approximate surface area is 112 Å². The molecule has 0 aliphatic heterocycles. The zero-order valence-corrected chi connectivity index (χ0v) is 11.0. The molecule has 18 heavy (non-hydrogen) atoms. The second-order valence-electron chi connectivity index (χ2n) is 4.06. The van der Waals surface area contributed by atoms with Gasteiger partial charge in [-0.25, -0.2) is 5.48 Å². The summed E-state index contributed by atoms with van der Waals surface area (Å²) in [5.41, 5.74) is 4.59. The number of rotatable bonds is 6. The van der Waals surface area contributed by atoms with Gasteiger partial charge in [0.25, 0.3) is 0 Å². The van der Waals surface area contributed by atoms with E-state index < -0.39 is 0 Å². The summed E-state index contributed by atoms with van der Waals surface area (Å²) in [6.07, 6.45) is 1.06. The summed E-state index contributed by atoms with van der Waals surface area (Å²) < 4.78 is 0. The fourth-order valence-electron chi connectivity index (χ4n) is 1.72. The van der Waals surface area contributed by atoms with Crippen molar-refractivity contribution in [2.75, 3.05) is 5.75 Å². The lowest BCUT2D eigenvalue weighted by Gasteiger charge is -2.04. The average Bonchev–Trinajstić information content (AvgIpc) is 2.42. The molecule has 0 radical (unpaired) electrons. The summed E-state index contributed by atoms with van der Waals surface area (Å²) in [4.78, 5) is 1.32. The largest absolute Gasteiger partial charge is 0.316 e. The Bertz CT molecular complexity index is 456. The van der Waals surface area contributed by atoms with Crippen molar-refractivity contribution in [2.24, 2.45) is 0 Å². The van der Waals surface area contributed by atoms with E-state index in [2.05, 4.69) is 41.9 Å². The van der Waals surface area contributed by atoms with E-state index in [1.54, 1.807) is 0 Å². The van der Waals surface area contributed by atoms with Gasteiger partial charge in [-0.1, -0.05) is 42.5 Å². The van der Waals surface area contributed by atoms with Gasteiger partial charge in [-0.15, -0.1) is 11.8 Å². The van der Waals surface area contributed by atoms with E-state index >= 15 is 0 Å². The summed E-state index contributed by atoms with van der Waals surface area (Å²) in [7, 11) is 0. The summed E-state index contributed by atoms with van der Waals surface area (Å²) in [5.74, 6) is 1.08. The van der Waals surface area contributed by atoms with Crippen LogP contribution in [0.3, 0.4) is 0 Å². The Morgan fingerprint density at radius 1 is 0.889 bits per heavy atom. The monoisotopic (exact) mass is 259 g/mol. The Morgan fingerprint density at radius 2 is 1.56 bits per heavy atom. The predicted molar refractivity (Wildman–Crippen MR) is 75.9 cm³/mol.